The molecule has 116 valence electrons. The molecule has 1 aromatic rings. The van der Waals surface area contributed by atoms with E-state index >= 15 is 0 Å². The van der Waals surface area contributed by atoms with Crippen molar-refractivity contribution in [2.24, 2.45) is 5.14 Å². The molecule has 4 N–H and O–H groups in total. The fraction of sp³-hybridized carbons (Fsp3) is 0.571. The summed E-state index contributed by atoms with van der Waals surface area (Å²) in [5.41, 5.74) is 6.88. The van der Waals surface area contributed by atoms with Gasteiger partial charge in [0.15, 0.2) is 0 Å². The number of fused-ring (bicyclic) bond motifs is 4. The number of benzene rings is 1. The van der Waals surface area contributed by atoms with E-state index in [9.17, 15) is 8.42 Å². The maximum Gasteiger partial charge on any atom is 0.240 e. The van der Waals surface area contributed by atoms with Crippen LogP contribution in [0.15, 0.2) is 23.1 Å². The molecule has 0 atom stereocenters. The van der Waals surface area contributed by atoms with Crippen LogP contribution in [0.5, 0.6) is 0 Å². The Balaban J connectivity index is 1.82. The summed E-state index contributed by atoms with van der Waals surface area (Å²) in [6.07, 6.45) is 2.38. The van der Waals surface area contributed by atoms with Crippen LogP contribution in [0, 0.1) is 0 Å². The predicted octanol–water partition coefficient (Wildman–Crippen LogP) is 0.196. The van der Waals surface area contributed by atoms with Crippen LogP contribution in [0.25, 0.3) is 0 Å². The number of nitrogen functional groups attached to an aromatic ring is 1. The molecule has 0 amide bonds. The molecule has 4 rings (SSSR count). The number of nitrogens with two attached hydrogens (primary N) is 2. The first kappa shape index (κ1) is 14.8. The van der Waals surface area contributed by atoms with Gasteiger partial charge in [0.2, 0.25) is 10.0 Å². The van der Waals surface area contributed by atoms with E-state index in [1.54, 1.807) is 12.1 Å². The van der Waals surface area contributed by atoms with Crippen LogP contribution in [-0.4, -0.2) is 50.4 Å². The van der Waals surface area contributed by atoms with Crippen molar-refractivity contribution in [2.45, 2.75) is 30.3 Å². The summed E-state index contributed by atoms with van der Waals surface area (Å²) >= 11 is 0. The molecule has 0 saturated carbocycles. The van der Waals surface area contributed by atoms with E-state index in [1.807, 2.05) is 6.07 Å². The van der Waals surface area contributed by atoms with Crippen molar-refractivity contribution in [3.8, 4) is 0 Å². The van der Waals surface area contributed by atoms with Crippen molar-refractivity contribution < 1.29 is 8.42 Å². The summed E-state index contributed by atoms with van der Waals surface area (Å²) in [6.45, 7) is 5.21. The normalized spacial score (nSPS) is 26.7. The van der Waals surface area contributed by atoms with Crippen molar-refractivity contribution in [3.05, 3.63) is 23.8 Å². The van der Waals surface area contributed by atoms with E-state index in [-0.39, 0.29) is 10.6 Å². The third-order valence-corrected chi connectivity index (χ3v) is 5.51. The number of hydrogen-bond donors (Lipinski definition) is 2. The SMILES string of the molecule is Nc1ccc(CN2CCN3CCC2CC3)cc1S(N)(=O)=O. The molecule has 3 saturated heterocycles. The summed E-state index contributed by atoms with van der Waals surface area (Å²) in [5, 5.41) is 5.22. The topological polar surface area (TPSA) is 92.7 Å². The third-order valence-electron chi connectivity index (χ3n) is 4.55. The standard InChI is InChI=1S/C14H22N4O2S/c15-13-2-1-11(9-14(13)21(16,19)20)10-18-8-7-17-5-3-12(18)4-6-17/h1-2,9,12H,3-8,10,15H2,(H2,16,19,20). The molecule has 6 nitrogen and oxygen atoms in total. The number of piperidine rings is 1. The lowest BCUT2D eigenvalue weighted by molar-refractivity contribution is 0.176. The minimum atomic E-state index is -3.77. The Morgan fingerprint density at radius 3 is 2.52 bits per heavy atom. The Labute approximate surface area is 125 Å². The Morgan fingerprint density at radius 2 is 1.86 bits per heavy atom. The number of hydrogen-bond acceptors (Lipinski definition) is 5. The number of primary sulfonamides is 1. The van der Waals surface area contributed by atoms with Gasteiger partial charge >= 0.3 is 0 Å². The molecule has 1 aromatic carbocycles. The van der Waals surface area contributed by atoms with Crippen LogP contribution in [0.2, 0.25) is 0 Å². The molecular formula is C14H22N4O2S. The summed E-state index contributed by atoms with van der Waals surface area (Å²) < 4.78 is 23.1. The van der Waals surface area contributed by atoms with Crippen LogP contribution in [0.4, 0.5) is 5.69 Å². The van der Waals surface area contributed by atoms with Crippen molar-refractivity contribution in [2.75, 3.05) is 31.9 Å². The number of nitrogens with zero attached hydrogens (tertiary/aromatic N) is 2. The van der Waals surface area contributed by atoms with Crippen LogP contribution in [0.1, 0.15) is 18.4 Å². The Morgan fingerprint density at radius 1 is 1.14 bits per heavy atom. The third kappa shape index (κ3) is 3.21. The minimum absolute atomic E-state index is 0.0304. The molecule has 0 aliphatic carbocycles. The smallest absolute Gasteiger partial charge is 0.240 e. The van der Waals surface area contributed by atoms with Gasteiger partial charge < -0.3 is 10.6 Å². The fourth-order valence-electron chi connectivity index (χ4n) is 3.33. The van der Waals surface area contributed by atoms with Gasteiger partial charge in [0, 0.05) is 25.7 Å². The van der Waals surface area contributed by atoms with Gasteiger partial charge in [-0.2, -0.15) is 0 Å². The molecular weight excluding hydrogens is 288 g/mol. The van der Waals surface area contributed by atoms with E-state index in [4.69, 9.17) is 10.9 Å². The molecule has 3 fully saturated rings. The summed E-state index contributed by atoms with van der Waals surface area (Å²) in [7, 11) is -3.77. The fourth-order valence-corrected chi connectivity index (χ4v) is 4.04. The molecule has 21 heavy (non-hydrogen) atoms. The molecule has 3 aliphatic heterocycles. The second-order valence-corrected chi connectivity index (χ2v) is 7.49. The van der Waals surface area contributed by atoms with Crippen LogP contribution in [0.3, 0.4) is 0 Å². The van der Waals surface area contributed by atoms with Crippen molar-refractivity contribution in [1.29, 1.82) is 0 Å². The Bertz CT molecular complexity index is 624. The first-order valence-corrected chi connectivity index (χ1v) is 8.86. The maximum absolute atomic E-state index is 11.6. The second kappa shape index (κ2) is 5.57. The molecule has 7 heteroatoms. The highest BCUT2D eigenvalue weighted by Gasteiger charge is 2.29. The lowest BCUT2D eigenvalue weighted by Gasteiger charge is -2.31. The zero-order valence-electron chi connectivity index (χ0n) is 12.0. The van der Waals surface area contributed by atoms with Crippen molar-refractivity contribution in [1.82, 2.24) is 9.80 Å². The molecule has 0 spiro atoms. The minimum Gasteiger partial charge on any atom is -0.398 e. The monoisotopic (exact) mass is 310 g/mol. The molecule has 3 heterocycles. The van der Waals surface area contributed by atoms with E-state index < -0.39 is 10.0 Å². The summed E-state index contributed by atoms with van der Waals surface area (Å²) in [4.78, 5) is 4.98. The largest absolute Gasteiger partial charge is 0.398 e. The first-order valence-electron chi connectivity index (χ1n) is 7.31. The number of anilines is 1. The zero-order chi connectivity index (χ0) is 15.0. The average Bonchev–Trinajstić information content (AvgIpc) is 2.73. The number of rotatable bonds is 3. The molecule has 3 aliphatic rings. The molecule has 0 aromatic heterocycles. The van der Waals surface area contributed by atoms with E-state index in [0.29, 0.717) is 6.04 Å². The highest BCUT2D eigenvalue weighted by atomic mass is 32.2. The lowest BCUT2D eigenvalue weighted by Crippen LogP contribution is -2.37. The van der Waals surface area contributed by atoms with E-state index in [1.165, 1.54) is 25.9 Å². The van der Waals surface area contributed by atoms with Gasteiger partial charge in [0.1, 0.15) is 4.90 Å². The predicted molar refractivity (Wildman–Crippen MR) is 82.1 cm³/mol. The van der Waals surface area contributed by atoms with Gasteiger partial charge in [-0.15, -0.1) is 0 Å². The molecule has 0 unspecified atom stereocenters. The van der Waals surface area contributed by atoms with Gasteiger partial charge in [-0.1, -0.05) is 6.07 Å². The Kier molecular flexibility index (Phi) is 3.92. The summed E-state index contributed by atoms with van der Waals surface area (Å²) in [5.74, 6) is 0. The van der Waals surface area contributed by atoms with Crippen molar-refractivity contribution >= 4 is 15.7 Å². The molecule has 2 bridgehead atoms. The van der Waals surface area contributed by atoms with Crippen LogP contribution in [-0.2, 0) is 16.6 Å². The second-order valence-electron chi connectivity index (χ2n) is 5.96. The van der Waals surface area contributed by atoms with Crippen LogP contribution < -0.4 is 10.9 Å². The van der Waals surface area contributed by atoms with E-state index in [0.717, 1.165) is 25.2 Å². The van der Waals surface area contributed by atoms with Gasteiger partial charge in [-0.05, 0) is 43.6 Å². The highest BCUT2D eigenvalue weighted by Crippen LogP contribution is 2.24. The quantitative estimate of drug-likeness (QED) is 0.778. The van der Waals surface area contributed by atoms with Gasteiger partial charge in [0.25, 0.3) is 0 Å². The number of sulfonamides is 1. The zero-order valence-corrected chi connectivity index (χ0v) is 12.8. The van der Waals surface area contributed by atoms with Gasteiger partial charge in [0.05, 0.1) is 5.69 Å². The summed E-state index contributed by atoms with van der Waals surface area (Å²) in [6, 6.07) is 5.73. The van der Waals surface area contributed by atoms with E-state index in [2.05, 4.69) is 9.80 Å². The van der Waals surface area contributed by atoms with Crippen molar-refractivity contribution in [3.63, 3.8) is 0 Å². The average molecular weight is 310 g/mol. The van der Waals surface area contributed by atoms with Gasteiger partial charge in [-0.3, -0.25) is 4.90 Å². The lowest BCUT2D eigenvalue weighted by atomic mass is 10.0. The highest BCUT2D eigenvalue weighted by molar-refractivity contribution is 7.89. The first-order chi connectivity index (χ1) is 9.93. The van der Waals surface area contributed by atoms with Gasteiger partial charge in [-0.25, -0.2) is 13.6 Å². The Hall–Kier alpha value is -1.15. The molecule has 0 radical (unpaired) electrons. The van der Waals surface area contributed by atoms with Crippen LogP contribution >= 0.6 is 0 Å². The maximum atomic E-state index is 11.6.